The molecule has 106 valence electrons. The molecule has 0 radical (unpaired) electrons. The van der Waals surface area contributed by atoms with E-state index in [1.807, 2.05) is 12.1 Å². The van der Waals surface area contributed by atoms with Crippen molar-refractivity contribution in [3.63, 3.8) is 0 Å². The summed E-state index contributed by atoms with van der Waals surface area (Å²) in [5, 5.41) is 4.16. The highest BCUT2D eigenvalue weighted by molar-refractivity contribution is 6.32. The van der Waals surface area contributed by atoms with Crippen molar-refractivity contribution in [1.29, 1.82) is 0 Å². The molecule has 0 bridgehead atoms. The Morgan fingerprint density at radius 3 is 2.89 bits per heavy atom. The van der Waals surface area contributed by atoms with E-state index in [4.69, 9.17) is 16.3 Å². The smallest absolute Gasteiger partial charge is 0.137 e. The Hall–Kier alpha value is -0.730. The van der Waals surface area contributed by atoms with Gasteiger partial charge in [-0.3, -0.25) is 0 Å². The maximum atomic E-state index is 6.26. The molecule has 0 spiro atoms. The first-order valence-electron chi connectivity index (χ1n) is 7.30. The van der Waals surface area contributed by atoms with E-state index in [0.29, 0.717) is 5.92 Å². The molecular formula is C16H24ClNO. The number of nitrogens with one attached hydrogen (secondary N) is 1. The van der Waals surface area contributed by atoms with Gasteiger partial charge in [0.05, 0.1) is 11.6 Å². The van der Waals surface area contributed by atoms with Crippen LogP contribution in [0.3, 0.4) is 0 Å². The fraction of sp³-hybridized carbons (Fsp3) is 0.625. The number of halogens is 1. The van der Waals surface area contributed by atoms with Crippen molar-refractivity contribution in [3.05, 3.63) is 28.8 Å². The highest BCUT2D eigenvalue weighted by atomic mass is 35.5. The zero-order chi connectivity index (χ0) is 13.7. The predicted octanol–water partition coefficient (Wildman–Crippen LogP) is 4.23. The standard InChI is InChI=1S/C16H24ClNO/c1-12(2)14-5-6-16(15(17)10-14)19-9-7-13-4-3-8-18-11-13/h5-6,10,12-13,18H,3-4,7-9,11H2,1-2H3/t13-/m0/s1. The average molecular weight is 282 g/mol. The predicted molar refractivity (Wildman–Crippen MR) is 81.2 cm³/mol. The van der Waals surface area contributed by atoms with Gasteiger partial charge in [-0.1, -0.05) is 31.5 Å². The van der Waals surface area contributed by atoms with E-state index in [1.54, 1.807) is 0 Å². The Bertz CT molecular complexity index is 400. The SMILES string of the molecule is CC(C)c1ccc(OCC[C@@H]2CCCNC2)c(Cl)c1. The molecule has 0 aliphatic carbocycles. The Morgan fingerprint density at radius 1 is 1.42 bits per heavy atom. The minimum atomic E-state index is 0.500. The molecule has 1 heterocycles. The normalized spacial score (nSPS) is 19.7. The first-order chi connectivity index (χ1) is 9.16. The lowest BCUT2D eigenvalue weighted by Gasteiger charge is -2.22. The minimum absolute atomic E-state index is 0.500. The van der Waals surface area contributed by atoms with E-state index in [2.05, 4.69) is 25.2 Å². The molecule has 1 fully saturated rings. The van der Waals surface area contributed by atoms with Gasteiger partial charge in [-0.25, -0.2) is 0 Å². The Morgan fingerprint density at radius 2 is 2.26 bits per heavy atom. The summed E-state index contributed by atoms with van der Waals surface area (Å²) in [5.41, 5.74) is 1.26. The van der Waals surface area contributed by atoms with Crippen LogP contribution >= 0.6 is 11.6 Å². The van der Waals surface area contributed by atoms with E-state index in [9.17, 15) is 0 Å². The zero-order valence-electron chi connectivity index (χ0n) is 11.9. The summed E-state index contributed by atoms with van der Waals surface area (Å²) in [4.78, 5) is 0. The molecule has 0 unspecified atom stereocenters. The molecule has 1 aromatic rings. The highest BCUT2D eigenvalue weighted by Gasteiger charge is 2.13. The van der Waals surface area contributed by atoms with Gasteiger partial charge in [0, 0.05) is 0 Å². The van der Waals surface area contributed by atoms with Crippen LogP contribution in [0.1, 0.15) is 44.6 Å². The molecule has 2 rings (SSSR count). The third kappa shape index (κ3) is 4.39. The molecule has 0 aromatic heterocycles. The molecule has 1 N–H and O–H groups in total. The maximum Gasteiger partial charge on any atom is 0.137 e. The van der Waals surface area contributed by atoms with Crippen LogP contribution in [0.4, 0.5) is 0 Å². The number of ether oxygens (including phenoxy) is 1. The average Bonchev–Trinajstić information content (AvgIpc) is 2.41. The summed E-state index contributed by atoms with van der Waals surface area (Å²) >= 11 is 6.26. The molecule has 0 saturated carbocycles. The molecular weight excluding hydrogens is 258 g/mol. The summed E-state index contributed by atoms with van der Waals surface area (Å²) in [6, 6.07) is 6.12. The van der Waals surface area contributed by atoms with Crippen LogP contribution in [-0.4, -0.2) is 19.7 Å². The van der Waals surface area contributed by atoms with Crippen molar-refractivity contribution in [2.45, 2.75) is 39.0 Å². The number of benzene rings is 1. The van der Waals surface area contributed by atoms with E-state index >= 15 is 0 Å². The molecule has 1 atom stereocenters. The van der Waals surface area contributed by atoms with Gasteiger partial charge in [0.2, 0.25) is 0 Å². The lowest BCUT2D eigenvalue weighted by Crippen LogP contribution is -2.30. The van der Waals surface area contributed by atoms with Crippen molar-refractivity contribution < 1.29 is 4.74 Å². The zero-order valence-corrected chi connectivity index (χ0v) is 12.7. The van der Waals surface area contributed by atoms with E-state index in [1.165, 1.54) is 24.9 Å². The summed E-state index contributed by atoms with van der Waals surface area (Å²) in [5.74, 6) is 2.07. The lowest BCUT2D eigenvalue weighted by atomic mass is 9.97. The van der Waals surface area contributed by atoms with Crippen molar-refractivity contribution in [2.24, 2.45) is 5.92 Å². The number of hydrogen-bond acceptors (Lipinski definition) is 2. The van der Waals surface area contributed by atoms with Crippen LogP contribution in [0, 0.1) is 5.92 Å². The van der Waals surface area contributed by atoms with E-state index < -0.39 is 0 Å². The second-order valence-corrected chi connectivity index (χ2v) is 6.10. The Labute approximate surface area is 121 Å². The van der Waals surface area contributed by atoms with Gasteiger partial charge in [0.15, 0.2) is 0 Å². The van der Waals surface area contributed by atoms with Gasteiger partial charge in [-0.15, -0.1) is 0 Å². The first kappa shape index (κ1) is 14.7. The minimum Gasteiger partial charge on any atom is -0.492 e. The number of rotatable bonds is 5. The number of hydrogen-bond donors (Lipinski definition) is 1. The summed E-state index contributed by atoms with van der Waals surface area (Å²) < 4.78 is 5.81. The van der Waals surface area contributed by atoms with Crippen LogP contribution in [-0.2, 0) is 0 Å². The topological polar surface area (TPSA) is 21.3 Å². The second-order valence-electron chi connectivity index (χ2n) is 5.69. The summed E-state index contributed by atoms with van der Waals surface area (Å²) in [6.45, 7) is 7.39. The fourth-order valence-corrected chi connectivity index (χ4v) is 2.74. The third-order valence-corrected chi connectivity index (χ3v) is 4.10. The van der Waals surface area contributed by atoms with Gasteiger partial charge in [0.1, 0.15) is 5.75 Å². The van der Waals surface area contributed by atoms with Gasteiger partial charge in [-0.2, -0.15) is 0 Å². The van der Waals surface area contributed by atoms with Crippen molar-refractivity contribution in [2.75, 3.05) is 19.7 Å². The number of piperidine rings is 1. The first-order valence-corrected chi connectivity index (χ1v) is 7.67. The van der Waals surface area contributed by atoms with Crippen molar-refractivity contribution >= 4 is 11.6 Å². The summed E-state index contributed by atoms with van der Waals surface area (Å²) in [7, 11) is 0. The fourth-order valence-electron chi connectivity index (χ4n) is 2.50. The molecule has 19 heavy (non-hydrogen) atoms. The Balaban J connectivity index is 1.82. The van der Waals surface area contributed by atoms with Crippen LogP contribution < -0.4 is 10.1 Å². The quantitative estimate of drug-likeness (QED) is 0.872. The molecule has 0 amide bonds. The van der Waals surface area contributed by atoms with Gasteiger partial charge < -0.3 is 10.1 Å². The van der Waals surface area contributed by atoms with Crippen molar-refractivity contribution in [3.8, 4) is 5.75 Å². The Kier molecular flexibility index (Phi) is 5.53. The maximum absolute atomic E-state index is 6.26. The molecule has 1 aliphatic heterocycles. The van der Waals surface area contributed by atoms with Crippen LogP contribution in [0.2, 0.25) is 5.02 Å². The van der Waals surface area contributed by atoms with Crippen molar-refractivity contribution in [1.82, 2.24) is 5.32 Å². The largest absolute Gasteiger partial charge is 0.492 e. The monoisotopic (exact) mass is 281 g/mol. The van der Waals surface area contributed by atoms with Gasteiger partial charge >= 0.3 is 0 Å². The van der Waals surface area contributed by atoms with Crippen LogP contribution in [0.25, 0.3) is 0 Å². The van der Waals surface area contributed by atoms with Gasteiger partial charge in [-0.05, 0) is 61.9 Å². The molecule has 1 aromatic carbocycles. The molecule has 1 saturated heterocycles. The van der Waals surface area contributed by atoms with E-state index in [-0.39, 0.29) is 0 Å². The van der Waals surface area contributed by atoms with Crippen LogP contribution in [0.15, 0.2) is 18.2 Å². The second kappa shape index (κ2) is 7.16. The molecule has 2 nitrogen and oxygen atoms in total. The van der Waals surface area contributed by atoms with Crippen LogP contribution in [0.5, 0.6) is 5.75 Å². The molecule has 3 heteroatoms. The summed E-state index contributed by atoms with van der Waals surface area (Å²) in [6.07, 6.45) is 3.71. The van der Waals surface area contributed by atoms with E-state index in [0.717, 1.165) is 36.3 Å². The molecule has 1 aliphatic rings. The highest BCUT2D eigenvalue weighted by Crippen LogP contribution is 2.28. The van der Waals surface area contributed by atoms with Gasteiger partial charge in [0.25, 0.3) is 0 Å². The lowest BCUT2D eigenvalue weighted by molar-refractivity contribution is 0.254. The third-order valence-electron chi connectivity index (χ3n) is 3.81.